The molecule has 21 heavy (non-hydrogen) atoms. The molecular weight excluding hydrogens is 294 g/mol. The van der Waals surface area contributed by atoms with Crippen molar-refractivity contribution in [2.75, 3.05) is 4.90 Å². The van der Waals surface area contributed by atoms with Gasteiger partial charge in [-0.05, 0) is 23.8 Å². The number of fused-ring (bicyclic) bond motifs is 1. The Morgan fingerprint density at radius 2 is 2.14 bits per heavy atom. The number of rotatable bonds is 3. The Balaban J connectivity index is 1.92. The van der Waals surface area contributed by atoms with E-state index in [9.17, 15) is 14.9 Å². The van der Waals surface area contributed by atoms with Gasteiger partial charge in [0, 0.05) is 29.0 Å². The molecule has 0 atom stereocenters. The second-order valence-corrected chi connectivity index (χ2v) is 5.13. The van der Waals surface area contributed by atoms with Crippen LogP contribution in [0.25, 0.3) is 0 Å². The molecule has 1 aliphatic rings. The molecule has 2 heterocycles. The Morgan fingerprint density at radius 1 is 1.33 bits per heavy atom. The molecule has 7 heteroatoms. The van der Waals surface area contributed by atoms with Gasteiger partial charge in [-0.2, -0.15) is 0 Å². The van der Waals surface area contributed by atoms with Crippen LogP contribution in [0, 0.1) is 10.1 Å². The molecule has 0 saturated heterocycles. The number of hydrogen-bond acceptors (Lipinski definition) is 4. The van der Waals surface area contributed by atoms with E-state index in [0.717, 1.165) is 0 Å². The maximum Gasteiger partial charge on any atom is 0.269 e. The van der Waals surface area contributed by atoms with E-state index in [1.165, 1.54) is 12.1 Å². The lowest BCUT2D eigenvalue weighted by Gasteiger charge is -2.16. The van der Waals surface area contributed by atoms with Crippen molar-refractivity contribution in [1.29, 1.82) is 0 Å². The lowest BCUT2D eigenvalue weighted by molar-refractivity contribution is -0.384. The molecule has 6 nitrogen and oxygen atoms in total. The van der Waals surface area contributed by atoms with E-state index in [1.807, 2.05) is 0 Å². The SMILES string of the molecule is O=C1Cc2cc([N+](=O)[O-])ccc2N1Cc1cc(Cl)ccn1. The summed E-state index contributed by atoms with van der Waals surface area (Å²) in [6.07, 6.45) is 1.74. The smallest absolute Gasteiger partial charge is 0.269 e. The first kappa shape index (κ1) is 13.5. The van der Waals surface area contributed by atoms with Gasteiger partial charge in [0.15, 0.2) is 0 Å². The van der Waals surface area contributed by atoms with Crippen molar-refractivity contribution in [2.45, 2.75) is 13.0 Å². The summed E-state index contributed by atoms with van der Waals surface area (Å²) >= 11 is 5.90. The molecule has 0 spiro atoms. The van der Waals surface area contributed by atoms with Gasteiger partial charge in [0.2, 0.25) is 5.91 Å². The quantitative estimate of drug-likeness (QED) is 0.645. The van der Waals surface area contributed by atoms with E-state index >= 15 is 0 Å². The number of pyridine rings is 1. The van der Waals surface area contributed by atoms with Gasteiger partial charge in [0.05, 0.1) is 23.6 Å². The summed E-state index contributed by atoms with van der Waals surface area (Å²) < 4.78 is 0. The molecule has 0 unspecified atom stereocenters. The number of carbonyl (C=O) groups excluding carboxylic acids is 1. The lowest BCUT2D eigenvalue weighted by Crippen LogP contribution is -2.26. The van der Waals surface area contributed by atoms with Crippen LogP contribution >= 0.6 is 11.6 Å². The van der Waals surface area contributed by atoms with Crippen LogP contribution in [0.5, 0.6) is 0 Å². The highest BCUT2D eigenvalue weighted by Crippen LogP contribution is 2.32. The Morgan fingerprint density at radius 3 is 2.86 bits per heavy atom. The van der Waals surface area contributed by atoms with Crippen LogP contribution in [0.15, 0.2) is 36.5 Å². The Bertz CT molecular complexity index is 748. The number of aromatic nitrogens is 1. The minimum absolute atomic E-state index is 0.00993. The third kappa shape index (κ3) is 2.57. The van der Waals surface area contributed by atoms with Crippen LogP contribution in [-0.4, -0.2) is 15.8 Å². The Hall–Kier alpha value is -2.47. The van der Waals surface area contributed by atoms with E-state index in [-0.39, 0.29) is 18.0 Å². The Kier molecular flexibility index (Phi) is 3.31. The van der Waals surface area contributed by atoms with Crippen LogP contribution < -0.4 is 4.90 Å². The Labute approximate surface area is 125 Å². The number of amides is 1. The van der Waals surface area contributed by atoms with Gasteiger partial charge in [0.1, 0.15) is 0 Å². The van der Waals surface area contributed by atoms with Gasteiger partial charge in [-0.25, -0.2) is 0 Å². The third-order valence-corrected chi connectivity index (χ3v) is 3.54. The summed E-state index contributed by atoms with van der Waals surface area (Å²) in [5, 5.41) is 11.3. The summed E-state index contributed by atoms with van der Waals surface area (Å²) in [6.45, 7) is 0.296. The van der Waals surface area contributed by atoms with Gasteiger partial charge in [-0.3, -0.25) is 19.9 Å². The van der Waals surface area contributed by atoms with Crippen molar-refractivity contribution in [3.63, 3.8) is 0 Å². The van der Waals surface area contributed by atoms with E-state index in [2.05, 4.69) is 4.98 Å². The summed E-state index contributed by atoms with van der Waals surface area (Å²) in [5.41, 5.74) is 2.01. The van der Waals surface area contributed by atoms with Crippen LogP contribution in [0.2, 0.25) is 5.02 Å². The van der Waals surface area contributed by atoms with Crippen molar-refractivity contribution >= 4 is 28.9 Å². The van der Waals surface area contributed by atoms with Crippen LogP contribution in [0.3, 0.4) is 0 Å². The first-order valence-corrected chi connectivity index (χ1v) is 6.60. The molecule has 1 amide bonds. The minimum atomic E-state index is -0.466. The normalized spacial score (nSPS) is 13.4. The van der Waals surface area contributed by atoms with E-state index in [1.54, 1.807) is 29.3 Å². The number of non-ortho nitro benzene ring substituents is 1. The predicted molar refractivity (Wildman–Crippen MR) is 77.2 cm³/mol. The van der Waals surface area contributed by atoms with Gasteiger partial charge in [-0.1, -0.05) is 11.6 Å². The first-order valence-electron chi connectivity index (χ1n) is 6.23. The second-order valence-electron chi connectivity index (χ2n) is 4.69. The fourth-order valence-corrected chi connectivity index (χ4v) is 2.54. The van der Waals surface area contributed by atoms with Crippen molar-refractivity contribution in [2.24, 2.45) is 0 Å². The number of halogens is 1. The van der Waals surface area contributed by atoms with E-state index < -0.39 is 4.92 Å². The monoisotopic (exact) mass is 303 g/mol. The number of carbonyl (C=O) groups is 1. The molecule has 1 aromatic heterocycles. The van der Waals surface area contributed by atoms with Gasteiger partial charge < -0.3 is 4.90 Å². The molecule has 0 aliphatic carbocycles. The van der Waals surface area contributed by atoms with Crippen molar-refractivity contribution in [3.8, 4) is 0 Å². The maximum atomic E-state index is 12.1. The fourth-order valence-electron chi connectivity index (χ4n) is 2.35. The summed E-state index contributed by atoms with van der Waals surface area (Å²) in [7, 11) is 0. The average molecular weight is 304 g/mol. The molecule has 0 N–H and O–H groups in total. The van der Waals surface area contributed by atoms with Crippen molar-refractivity contribution in [3.05, 3.63) is 62.9 Å². The molecule has 0 fully saturated rings. The standard InChI is InChI=1S/C14H10ClN3O3/c15-10-3-4-16-11(7-10)8-17-13-2-1-12(18(20)21)5-9(13)6-14(17)19/h1-5,7H,6,8H2. The summed E-state index contributed by atoms with van der Waals surface area (Å²) in [4.78, 5) is 28.1. The highest BCUT2D eigenvalue weighted by Gasteiger charge is 2.29. The summed E-state index contributed by atoms with van der Waals surface area (Å²) in [6, 6.07) is 7.80. The topological polar surface area (TPSA) is 76.3 Å². The molecule has 106 valence electrons. The fraction of sp³-hybridized carbons (Fsp3) is 0.143. The average Bonchev–Trinajstić information content (AvgIpc) is 2.74. The lowest BCUT2D eigenvalue weighted by atomic mass is 10.1. The second kappa shape index (κ2) is 5.14. The van der Waals surface area contributed by atoms with Gasteiger partial charge in [0.25, 0.3) is 5.69 Å². The molecule has 3 rings (SSSR count). The zero-order valence-electron chi connectivity index (χ0n) is 10.8. The maximum absolute atomic E-state index is 12.1. The summed E-state index contributed by atoms with van der Waals surface area (Å²) in [5.74, 6) is -0.104. The molecule has 0 bridgehead atoms. The number of nitro benzene ring substituents is 1. The highest BCUT2D eigenvalue weighted by atomic mass is 35.5. The number of benzene rings is 1. The van der Waals surface area contributed by atoms with Crippen molar-refractivity contribution < 1.29 is 9.72 Å². The van der Waals surface area contributed by atoms with Gasteiger partial charge in [-0.15, -0.1) is 0 Å². The largest absolute Gasteiger partial charge is 0.306 e. The zero-order valence-corrected chi connectivity index (χ0v) is 11.6. The number of nitro groups is 1. The molecule has 0 radical (unpaired) electrons. The van der Waals surface area contributed by atoms with E-state index in [0.29, 0.717) is 28.5 Å². The predicted octanol–water partition coefficient (Wildman–Crippen LogP) is 2.73. The number of nitrogens with zero attached hydrogens (tertiary/aromatic N) is 3. The molecular formula is C14H10ClN3O3. The van der Waals surface area contributed by atoms with Crippen LogP contribution in [0.1, 0.15) is 11.3 Å². The van der Waals surface area contributed by atoms with E-state index in [4.69, 9.17) is 11.6 Å². The molecule has 2 aromatic rings. The van der Waals surface area contributed by atoms with Crippen molar-refractivity contribution in [1.82, 2.24) is 4.98 Å². The first-order chi connectivity index (χ1) is 10.0. The number of anilines is 1. The third-order valence-electron chi connectivity index (χ3n) is 3.31. The zero-order chi connectivity index (χ0) is 15.0. The highest BCUT2D eigenvalue weighted by molar-refractivity contribution is 6.30. The molecule has 1 aliphatic heterocycles. The molecule has 1 aromatic carbocycles. The minimum Gasteiger partial charge on any atom is -0.306 e. The number of hydrogen-bond donors (Lipinski definition) is 0. The van der Waals surface area contributed by atoms with Gasteiger partial charge >= 0.3 is 0 Å². The van der Waals surface area contributed by atoms with Crippen LogP contribution in [-0.2, 0) is 17.8 Å². The van der Waals surface area contributed by atoms with Crippen LogP contribution in [0.4, 0.5) is 11.4 Å². The molecule has 0 saturated carbocycles.